The van der Waals surface area contributed by atoms with E-state index in [0.717, 1.165) is 0 Å². The van der Waals surface area contributed by atoms with Crippen LogP contribution in [0.25, 0.3) is 0 Å². The first-order valence-corrected chi connectivity index (χ1v) is 6.47. The van der Waals surface area contributed by atoms with Gasteiger partial charge in [0, 0.05) is 0 Å². The topological polar surface area (TPSA) is 66.8 Å². The van der Waals surface area contributed by atoms with Crippen LogP contribution in [0.3, 0.4) is 0 Å². The zero-order valence-electron chi connectivity index (χ0n) is 11.4. The SMILES string of the molecule is C=CCOC(=O)C(c1ccc(O)cc1)c1ccc(O)cc1. The highest BCUT2D eigenvalue weighted by Crippen LogP contribution is 2.28. The average molecular weight is 284 g/mol. The highest BCUT2D eigenvalue weighted by Gasteiger charge is 2.24. The van der Waals surface area contributed by atoms with Gasteiger partial charge in [0.15, 0.2) is 0 Å². The Morgan fingerprint density at radius 2 is 1.43 bits per heavy atom. The maximum Gasteiger partial charge on any atom is 0.318 e. The monoisotopic (exact) mass is 284 g/mol. The summed E-state index contributed by atoms with van der Waals surface area (Å²) in [5.74, 6) is -0.775. The molecule has 2 N–H and O–H groups in total. The summed E-state index contributed by atoms with van der Waals surface area (Å²) in [7, 11) is 0. The van der Waals surface area contributed by atoms with Crippen molar-refractivity contribution in [3.63, 3.8) is 0 Å². The predicted octanol–water partition coefficient (Wildman–Crippen LogP) is 2.96. The van der Waals surface area contributed by atoms with E-state index in [9.17, 15) is 15.0 Å². The van der Waals surface area contributed by atoms with Crippen molar-refractivity contribution in [2.45, 2.75) is 5.92 Å². The molecule has 0 saturated carbocycles. The molecule has 0 aromatic heterocycles. The first kappa shape index (κ1) is 14.7. The van der Waals surface area contributed by atoms with Gasteiger partial charge in [0.2, 0.25) is 0 Å². The smallest absolute Gasteiger partial charge is 0.318 e. The van der Waals surface area contributed by atoms with Gasteiger partial charge in [-0.2, -0.15) is 0 Å². The molecule has 2 aromatic rings. The van der Waals surface area contributed by atoms with Gasteiger partial charge in [0.1, 0.15) is 24.0 Å². The van der Waals surface area contributed by atoms with E-state index >= 15 is 0 Å². The summed E-state index contributed by atoms with van der Waals surface area (Å²) in [5.41, 5.74) is 1.40. The van der Waals surface area contributed by atoms with E-state index in [4.69, 9.17) is 4.74 Å². The van der Waals surface area contributed by atoms with Crippen molar-refractivity contribution in [1.82, 2.24) is 0 Å². The number of esters is 1. The first-order valence-electron chi connectivity index (χ1n) is 6.47. The summed E-state index contributed by atoms with van der Waals surface area (Å²) in [4.78, 5) is 12.3. The Bertz CT molecular complexity index is 569. The number of ether oxygens (including phenoxy) is 1. The van der Waals surface area contributed by atoms with E-state index in [1.54, 1.807) is 24.3 Å². The highest BCUT2D eigenvalue weighted by atomic mass is 16.5. The third-order valence-electron chi connectivity index (χ3n) is 3.03. The van der Waals surface area contributed by atoms with Gasteiger partial charge in [0.25, 0.3) is 0 Å². The summed E-state index contributed by atoms with van der Waals surface area (Å²) in [6.07, 6.45) is 1.50. The van der Waals surface area contributed by atoms with E-state index in [1.807, 2.05) is 0 Å². The van der Waals surface area contributed by atoms with E-state index < -0.39 is 11.9 Å². The molecule has 21 heavy (non-hydrogen) atoms. The van der Waals surface area contributed by atoms with Gasteiger partial charge in [0.05, 0.1) is 0 Å². The number of carbonyl (C=O) groups is 1. The Balaban J connectivity index is 2.38. The second kappa shape index (κ2) is 6.61. The van der Waals surface area contributed by atoms with E-state index in [1.165, 1.54) is 30.3 Å². The van der Waals surface area contributed by atoms with E-state index in [2.05, 4.69) is 6.58 Å². The average Bonchev–Trinajstić information content (AvgIpc) is 2.49. The van der Waals surface area contributed by atoms with Gasteiger partial charge in [-0.25, -0.2) is 0 Å². The first-order chi connectivity index (χ1) is 10.1. The Hall–Kier alpha value is -2.75. The highest BCUT2D eigenvalue weighted by molar-refractivity contribution is 5.82. The number of benzene rings is 2. The molecule has 4 nitrogen and oxygen atoms in total. The van der Waals surface area contributed by atoms with Gasteiger partial charge in [-0.1, -0.05) is 36.9 Å². The van der Waals surface area contributed by atoms with Crippen LogP contribution in [-0.4, -0.2) is 22.8 Å². The van der Waals surface area contributed by atoms with Gasteiger partial charge in [-0.15, -0.1) is 0 Å². The molecular formula is C17H16O4. The normalized spacial score (nSPS) is 10.3. The van der Waals surface area contributed by atoms with Gasteiger partial charge in [-0.3, -0.25) is 4.79 Å². The Morgan fingerprint density at radius 1 is 1.00 bits per heavy atom. The molecule has 2 aromatic carbocycles. The number of hydrogen-bond donors (Lipinski definition) is 2. The molecule has 0 aliphatic carbocycles. The second-order valence-corrected chi connectivity index (χ2v) is 4.53. The summed E-state index contributed by atoms with van der Waals surface area (Å²) >= 11 is 0. The fourth-order valence-corrected chi connectivity index (χ4v) is 2.02. The fraction of sp³-hybridized carbons (Fsp3) is 0.118. The summed E-state index contributed by atoms with van der Waals surface area (Å²) in [6, 6.07) is 12.7. The van der Waals surface area contributed by atoms with Crippen LogP contribution in [0.4, 0.5) is 0 Å². The molecule has 0 spiro atoms. The van der Waals surface area contributed by atoms with Crippen molar-refractivity contribution in [2.75, 3.05) is 6.61 Å². The lowest BCUT2D eigenvalue weighted by Gasteiger charge is -2.16. The number of carbonyl (C=O) groups excluding carboxylic acids is 1. The molecule has 0 heterocycles. The molecule has 2 rings (SSSR count). The molecule has 0 atom stereocenters. The minimum atomic E-state index is -0.619. The number of phenols is 2. The van der Waals surface area contributed by atoms with Crippen LogP contribution in [0.5, 0.6) is 11.5 Å². The number of aromatic hydroxyl groups is 2. The minimum Gasteiger partial charge on any atom is -0.508 e. The standard InChI is InChI=1S/C17H16O4/c1-2-11-21-17(20)16(12-3-7-14(18)8-4-12)13-5-9-15(19)10-6-13/h2-10,16,18-19H,1,11H2. The van der Waals surface area contributed by atoms with Crippen molar-refractivity contribution in [3.05, 3.63) is 72.3 Å². The van der Waals surface area contributed by atoms with E-state index in [-0.39, 0.29) is 18.1 Å². The van der Waals surface area contributed by atoms with Crippen LogP contribution < -0.4 is 0 Å². The molecular weight excluding hydrogens is 268 g/mol. The Labute approximate surface area is 122 Å². The largest absolute Gasteiger partial charge is 0.508 e. The van der Waals surface area contributed by atoms with Crippen molar-refractivity contribution in [3.8, 4) is 11.5 Å². The Morgan fingerprint density at radius 3 is 1.81 bits per heavy atom. The maximum atomic E-state index is 12.3. The van der Waals surface area contributed by atoms with Crippen molar-refractivity contribution in [2.24, 2.45) is 0 Å². The molecule has 0 fully saturated rings. The van der Waals surface area contributed by atoms with Crippen LogP contribution >= 0.6 is 0 Å². The molecule has 0 aliphatic heterocycles. The minimum absolute atomic E-state index is 0.127. The molecule has 108 valence electrons. The van der Waals surface area contributed by atoms with Crippen LogP contribution in [0, 0.1) is 0 Å². The lowest BCUT2D eigenvalue weighted by molar-refractivity contribution is -0.143. The van der Waals surface area contributed by atoms with Crippen molar-refractivity contribution in [1.29, 1.82) is 0 Å². The number of phenolic OH excluding ortho intramolecular Hbond substituents is 2. The lowest BCUT2D eigenvalue weighted by Crippen LogP contribution is -2.17. The molecule has 0 saturated heterocycles. The van der Waals surface area contributed by atoms with Crippen LogP contribution in [0.2, 0.25) is 0 Å². The third-order valence-corrected chi connectivity index (χ3v) is 3.03. The van der Waals surface area contributed by atoms with Crippen molar-refractivity contribution >= 4 is 5.97 Å². The van der Waals surface area contributed by atoms with Crippen LogP contribution in [0.1, 0.15) is 17.0 Å². The molecule has 0 radical (unpaired) electrons. The predicted molar refractivity (Wildman–Crippen MR) is 79.2 cm³/mol. The Kier molecular flexibility index (Phi) is 4.61. The molecule has 0 unspecified atom stereocenters. The molecule has 0 bridgehead atoms. The van der Waals surface area contributed by atoms with Gasteiger partial charge >= 0.3 is 5.97 Å². The van der Waals surface area contributed by atoms with Crippen LogP contribution in [0.15, 0.2) is 61.2 Å². The summed E-state index contributed by atoms with van der Waals surface area (Å²) < 4.78 is 5.14. The fourth-order valence-electron chi connectivity index (χ4n) is 2.02. The zero-order valence-corrected chi connectivity index (χ0v) is 11.4. The lowest BCUT2D eigenvalue weighted by atomic mass is 9.91. The molecule has 0 aliphatic rings. The number of rotatable bonds is 5. The molecule has 0 amide bonds. The van der Waals surface area contributed by atoms with Crippen LogP contribution in [-0.2, 0) is 9.53 Å². The quantitative estimate of drug-likeness (QED) is 0.654. The van der Waals surface area contributed by atoms with Crippen molar-refractivity contribution < 1.29 is 19.7 Å². The van der Waals surface area contributed by atoms with E-state index in [0.29, 0.717) is 11.1 Å². The maximum absolute atomic E-state index is 12.3. The summed E-state index contributed by atoms with van der Waals surface area (Å²) in [6.45, 7) is 3.65. The zero-order chi connectivity index (χ0) is 15.2. The third kappa shape index (κ3) is 3.63. The van der Waals surface area contributed by atoms with Gasteiger partial charge in [-0.05, 0) is 35.4 Å². The van der Waals surface area contributed by atoms with Gasteiger partial charge < -0.3 is 14.9 Å². The summed E-state index contributed by atoms with van der Waals surface area (Å²) in [5, 5.41) is 18.7. The second-order valence-electron chi connectivity index (χ2n) is 4.53. The number of hydrogen-bond acceptors (Lipinski definition) is 4. The molecule has 4 heteroatoms.